The van der Waals surface area contributed by atoms with E-state index in [1.54, 1.807) is 31.0 Å². The number of phenols is 2. The smallest absolute Gasteiger partial charge is 0.308 e. The van der Waals surface area contributed by atoms with Crippen LogP contribution < -0.4 is 24.3 Å². The van der Waals surface area contributed by atoms with Gasteiger partial charge in [0.1, 0.15) is 29.7 Å². The molecule has 1 spiro atoms. The number of aromatic nitrogens is 1. The minimum atomic E-state index is -1.27. The van der Waals surface area contributed by atoms with Gasteiger partial charge < -0.3 is 38.9 Å². The van der Waals surface area contributed by atoms with Crippen LogP contribution in [-0.4, -0.2) is 101 Å². The van der Waals surface area contributed by atoms with E-state index in [2.05, 4.69) is 32.2 Å². The predicted octanol–water partition coefficient (Wildman–Crippen LogP) is 4.89. The minimum Gasteiger partial charge on any atom is -0.508 e. The van der Waals surface area contributed by atoms with E-state index in [0.29, 0.717) is 52.5 Å². The molecule has 4 bridgehead atoms. The number of aromatic hydroxyl groups is 2. The summed E-state index contributed by atoms with van der Waals surface area (Å²) in [5.74, 6) is 1.43. The van der Waals surface area contributed by atoms with Crippen molar-refractivity contribution >= 4 is 34.4 Å². The summed E-state index contributed by atoms with van der Waals surface area (Å²) < 4.78 is 30.9. The second-order valence-corrected chi connectivity index (χ2v) is 17.7. The average Bonchev–Trinajstić information content (AvgIpc) is 3.81. The molecule has 7 aliphatic rings. The number of nitrogens with one attached hydrogen (secondary N) is 2. The van der Waals surface area contributed by atoms with Crippen molar-refractivity contribution in [2.45, 2.75) is 87.6 Å². The summed E-state index contributed by atoms with van der Waals surface area (Å²) in [6.07, 6.45) is 1.13. The molecular formula is C43H45N5O9S. The summed E-state index contributed by atoms with van der Waals surface area (Å²) in [4.78, 5) is 36.1. The molecule has 0 amide bonds. The van der Waals surface area contributed by atoms with Gasteiger partial charge in [-0.2, -0.15) is 5.26 Å². The molecule has 15 heteroatoms. The SMILES string of the molecule is COc1c(C)cc2c(c1O)[C@@H]1C3[C@@H]4SC[C@]5(NC(C)Cc6c5[nH]c5ccc(O)cc65)C(=O)COC[C@@H](c5c6c(c(C)c(OC(C)=O)c54)OCO6)N3[C@@H](C#N)[C@H](C2)N1C. The van der Waals surface area contributed by atoms with Crippen LogP contribution in [0.4, 0.5) is 0 Å². The molecule has 1 aromatic heterocycles. The Morgan fingerprint density at radius 2 is 1.90 bits per heavy atom. The van der Waals surface area contributed by atoms with Gasteiger partial charge in [0.05, 0.1) is 37.1 Å². The number of ether oxygens (including phenoxy) is 5. The molecule has 2 saturated heterocycles. The van der Waals surface area contributed by atoms with Gasteiger partial charge in [-0.25, -0.2) is 0 Å². The number of carbonyl (C=O) groups excluding carboxylic acids is 2. The van der Waals surface area contributed by atoms with Crippen LogP contribution >= 0.6 is 11.8 Å². The van der Waals surface area contributed by atoms with Crippen molar-refractivity contribution in [3.63, 3.8) is 0 Å². The van der Waals surface area contributed by atoms with Crippen molar-refractivity contribution in [2.24, 2.45) is 0 Å². The summed E-state index contributed by atoms with van der Waals surface area (Å²) >= 11 is 1.54. The first-order valence-electron chi connectivity index (χ1n) is 19.7. The first-order valence-corrected chi connectivity index (χ1v) is 20.7. The number of H-pyrrole nitrogens is 1. The number of fused-ring (bicyclic) bond motifs is 12. The molecule has 302 valence electrons. The number of hydrogen-bond acceptors (Lipinski definition) is 14. The number of nitrogens with zero attached hydrogens (tertiary/aromatic N) is 3. The van der Waals surface area contributed by atoms with E-state index in [4.69, 9.17) is 23.7 Å². The number of piperazine rings is 1. The lowest BCUT2D eigenvalue weighted by Crippen LogP contribution is -2.69. The maximum atomic E-state index is 15.0. The van der Waals surface area contributed by atoms with E-state index in [0.717, 1.165) is 38.9 Å². The van der Waals surface area contributed by atoms with E-state index in [1.165, 1.54) is 6.92 Å². The van der Waals surface area contributed by atoms with Gasteiger partial charge >= 0.3 is 5.97 Å². The first-order chi connectivity index (χ1) is 27.9. The van der Waals surface area contributed by atoms with Crippen LogP contribution in [0.15, 0.2) is 24.3 Å². The number of aryl methyl sites for hydroxylation is 1. The molecule has 8 heterocycles. The predicted molar refractivity (Wildman–Crippen MR) is 213 cm³/mol. The van der Waals surface area contributed by atoms with Crippen LogP contribution in [-0.2, 0) is 32.7 Å². The Hall–Kier alpha value is -4.98. The lowest BCUT2D eigenvalue weighted by Gasteiger charge is -2.61. The number of benzene rings is 3. The number of ketones is 1. The van der Waals surface area contributed by atoms with E-state index < -0.39 is 40.9 Å². The number of nitriles is 1. The lowest BCUT2D eigenvalue weighted by molar-refractivity contribution is -0.133. The molecule has 4 N–H and O–H groups in total. The van der Waals surface area contributed by atoms with Gasteiger partial charge in [0.15, 0.2) is 28.8 Å². The highest BCUT2D eigenvalue weighted by molar-refractivity contribution is 7.99. The standard InChI is InChI=1S/C43H45N5O9S/c1-18-9-22-11-27-28(13-44)48-29-14-54-15-30(51)43(42-25(10-19(2)46-43)24-12-23(50)7-8-26(24)45-42)16-58-41(35(48)34(47(27)5)31(22)36(52)37(18)53-6)33-32(29)40-39(55-17-56-40)20(3)38(33)57-21(4)49/h7-9,12,19,27-29,34-35,41,45-46,50,52H,10-11,14-17H2,1-6H3/t19?,27-,28-,29-,34+,35?,41+,43-/m0/s1. The fourth-order valence-corrected chi connectivity index (χ4v) is 12.8. The number of thioether (sulfide) groups is 1. The summed E-state index contributed by atoms with van der Waals surface area (Å²) in [5.41, 5.74) is 5.68. The highest BCUT2D eigenvalue weighted by atomic mass is 32.2. The van der Waals surface area contributed by atoms with Crippen LogP contribution in [0.25, 0.3) is 10.9 Å². The van der Waals surface area contributed by atoms with Gasteiger partial charge in [-0.3, -0.25) is 24.7 Å². The number of aromatic amines is 1. The zero-order valence-electron chi connectivity index (χ0n) is 33.1. The van der Waals surface area contributed by atoms with Crippen molar-refractivity contribution in [1.82, 2.24) is 20.1 Å². The molecule has 8 atom stereocenters. The Morgan fingerprint density at radius 1 is 1.10 bits per heavy atom. The second-order valence-electron chi connectivity index (χ2n) is 16.5. The summed E-state index contributed by atoms with van der Waals surface area (Å²) in [5, 5.41) is 37.9. The topological polar surface area (TPSA) is 179 Å². The van der Waals surface area contributed by atoms with Crippen molar-refractivity contribution in [2.75, 3.05) is 39.9 Å². The first kappa shape index (κ1) is 37.3. The lowest BCUT2D eigenvalue weighted by atomic mass is 9.71. The number of hydrogen-bond donors (Lipinski definition) is 4. The van der Waals surface area contributed by atoms with E-state index in [1.807, 2.05) is 33.9 Å². The van der Waals surface area contributed by atoms with Crippen LogP contribution in [0.2, 0.25) is 0 Å². The van der Waals surface area contributed by atoms with Crippen molar-refractivity contribution < 1.29 is 43.5 Å². The average molecular weight is 808 g/mol. The number of likely N-dealkylation sites (N-methyl/N-ethyl adjacent to an activating group) is 1. The Labute approximate surface area is 339 Å². The van der Waals surface area contributed by atoms with Gasteiger partial charge in [-0.05, 0) is 75.5 Å². The molecule has 2 unspecified atom stereocenters. The van der Waals surface area contributed by atoms with Gasteiger partial charge in [-0.1, -0.05) is 6.07 Å². The third kappa shape index (κ3) is 5.05. The molecule has 0 radical (unpaired) electrons. The normalized spacial score (nSPS) is 29.9. The van der Waals surface area contributed by atoms with Crippen LogP contribution in [0, 0.1) is 25.2 Å². The fourth-order valence-electron chi connectivity index (χ4n) is 11.1. The van der Waals surface area contributed by atoms with Crippen molar-refractivity contribution in [1.29, 1.82) is 5.26 Å². The third-order valence-corrected chi connectivity index (χ3v) is 14.8. The number of methoxy groups -OCH3 is 1. The maximum Gasteiger partial charge on any atom is 0.308 e. The zero-order chi connectivity index (χ0) is 40.5. The van der Waals surface area contributed by atoms with Gasteiger partial charge in [0.2, 0.25) is 6.79 Å². The third-order valence-electron chi connectivity index (χ3n) is 13.3. The molecule has 3 aromatic carbocycles. The number of carbonyl (C=O) groups is 2. The highest BCUT2D eigenvalue weighted by Crippen LogP contribution is 2.64. The Balaban J connectivity index is 1.26. The van der Waals surface area contributed by atoms with Crippen molar-refractivity contribution in [3.05, 3.63) is 68.9 Å². The highest BCUT2D eigenvalue weighted by Gasteiger charge is 2.61. The molecule has 58 heavy (non-hydrogen) atoms. The van der Waals surface area contributed by atoms with Crippen LogP contribution in [0.5, 0.6) is 34.5 Å². The Morgan fingerprint density at radius 3 is 2.66 bits per heavy atom. The largest absolute Gasteiger partial charge is 0.508 e. The molecule has 2 fully saturated rings. The molecule has 0 saturated carbocycles. The van der Waals surface area contributed by atoms with Gasteiger partial charge in [-0.15, -0.1) is 11.8 Å². The number of phenolic OH excluding ortho intramolecular Hbond substituents is 2. The maximum absolute atomic E-state index is 15.0. The monoisotopic (exact) mass is 807 g/mol. The number of rotatable bonds is 2. The molecule has 4 aromatic rings. The summed E-state index contributed by atoms with van der Waals surface area (Å²) in [6.45, 7) is 6.90. The quantitative estimate of drug-likeness (QED) is 0.159. The molecule has 0 aliphatic carbocycles. The molecule has 14 nitrogen and oxygen atoms in total. The molecular weight excluding hydrogens is 763 g/mol. The fraction of sp³-hybridized carbons (Fsp3) is 0.465. The minimum absolute atomic E-state index is 0.00144. The zero-order valence-corrected chi connectivity index (χ0v) is 33.9. The summed E-state index contributed by atoms with van der Waals surface area (Å²) in [6, 6.07) is 7.23. The van der Waals surface area contributed by atoms with E-state index >= 15 is 4.79 Å². The van der Waals surface area contributed by atoms with Crippen molar-refractivity contribution in [3.8, 4) is 40.6 Å². The van der Waals surface area contributed by atoms with E-state index in [9.17, 15) is 20.3 Å². The molecule has 7 aliphatic heterocycles. The number of Topliss-reactive ketones (excluding diaryl/α,β-unsaturated/α-hetero) is 1. The number of esters is 1. The Bertz CT molecular complexity index is 2500. The van der Waals surface area contributed by atoms with Gasteiger partial charge in [0, 0.05) is 69.7 Å². The van der Waals surface area contributed by atoms with Crippen LogP contribution in [0.3, 0.4) is 0 Å². The second kappa shape index (κ2) is 13.3. The Kier molecular flexibility index (Phi) is 8.53. The summed E-state index contributed by atoms with van der Waals surface area (Å²) in [7, 11) is 3.55. The van der Waals surface area contributed by atoms with Gasteiger partial charge in [0.25, 0.3) is 0 Å². The molecule has 11 rings (SSSR count). The van der Waals surface area contributed by atoms with E-state index in [-0.39, 0.29) is 55.1 Å². The van der Waals surface area contributed by atoms with Crippen LogP contribution in [0.1, 0.15) is 75.8 Å².